The average molecular weight is 291 g/mol. The lowest BCUT2D eigenvalue weighted by molar-refractivity contribution is 0.283. The number of likely N-dealkylation sites (N-methyl/N-ethyl adjacent to an activating group) is 1. The summed E-state index contributed by atoms with van der Waals surface area (Å²) in [5.74, 6) is 0.838. The monoisotopic (exact) mass is 291 g/mol. The molecule has 1 heterocycles. The molecule has 1 atom stereocenters. The molecule has 1 aliphatic rings. The van der Waals surface area contributed by atoms with Gasteiger partial charge in [-0.1, -0.05) is 46.0 Å². The zero-order valence-corrected chi connectivity index (χ0v) is 14.2. The lowest BCUT2D eigenvalue weighted by Crippen LogP contribution is -2.38. The molecule has 0 bridgehead atoms. The van der Waals surface area contributed by atoms with Crippen molar-refractivity contribution in [3.05, 3.63) is 17.5 Å². The number of hydrogen-bond donors (Lipinski definition) is 1. The van der Waals surface area contributed by atoms with Crippen molar-refractivity contribution in [2.75, 3.05) is 6.54 Å². The van der Waals surface area contributed by atoms with Crippen molar-refractivity contribution in [2.24, 2.45) is 13.0 Å². The van der Waals surface area contributed by atoms with E-state index >= 15 is 0 Å². The number of hydrogen-bond acceptors (Lipinski definition) is 2. The van der Waals surface area contributed by atoms with Crippen LogP contribution in [-0.4, -0.2) is 22.4 Å². The first kappa shape index (κ1) is 16.5. The Labute approximate surface area is 130 Å². The maximum absolute atomic E-state index is 4.61. The second-order valence-electron chi connectivity index (χ2n) is 6.58. The van der Waals surface area contributed by atoms with Gasteiger partial charge < -0.3 is 5.32 Å². The number of nitrogens with zero attached hydrogens (tertiary/aromatic N) is 2. The Bertz CT molecular complexity index is 403. The summed E-state index contributed by atoms with van der Waals surface area (Å²) < 4.78 is 2.09. The molecule has 0 radical (unpaired) electrons. The van der Waals surface area contributed by atoms with E-state index < -0.39 is 0 Å². The summed E-state index contributed by atoms with van der Waals surface area (Å²) in [4.78, 5) is 0. The summed E-state index contributed by atoms with van der Waals surface area (Å²) in [6, 6.07) is 2.92. The van der Waals surface area contributed by atoms with Gasteiger partial charge >= 0.3 is 0 Å². The molecule has 0 aliphatic heterocycles. The topological polar surface area (TPSA) is 29.9 Å². The third kappa shape index (κ3) is 4.84. The molecule has 2 rings (SSSR count). The molecule has 1 unspecified atom stereocenters. The second kappa shape index (κ2) is 8.57. The first-order valence-corrected chi connectivity index (χ1v) is 8.99. The van der Waals surface area contributed by atoms with Crippen LogP contribution in [0.15, 0.2) is 6.07 Å². The summed E-state index contributed by atoms with van der Waals surface area (Å²) in [6.45, 7) is 5.49. The highest BCUT2D eigenvalue weighted by Crippen LogP contribution is 2.26. The molecule has 0 aromatic carbocycles. The standard InChI is InChI=1S/C18H33N3/c1-4-16-13-17(21(3)20-16)14-18(19-5-2)15-11-9-7-6-8-10-12-15/h13,15,18-19H,4-12,14H2,1-3H3. The van der Waals surface area contributed by atoms with E-state index in [4.69, 9.17) is 0 Å². The predicted molar refractivity (Wildman–Crippen MR) is 89.6 cm³/mol. The van der Waals surface area contributed by atoms with Crippen LogP contribution in [0.4, 0.5) is 0 Å². The number of nitrogens with one attached hydrogen (secondary N) is 1. The second-order valence-corrected chi connectivity index (χ2v) is 6.58. The third-order valence-corrected chi connectivity index (χ3v) is 5.00. The molecular formula is C18H33N3. The highest BCUT2D eigenvalue weighted by molar-refractivity contribution is 5.12. The highest BCUT2D eigenvalue weighted by atomic mass is 15.3. The van der Waals surface area contributed by atoms with Crippen LogP contribution < -0.4 is 5.32 Å². The van der Waals surface area contributed by atoms with Crippen LogP contribution in [0.5, 0.6) is 0 Å². The molecule has 3 nitrogen and oxygen atoms in total. The Kier molecular flexibility index (Phi) is 6.75. The van der Waals surface area contributed by atoms with E-state index in [0.29, 0.717) is 6.04 Å². The minimum absolute atomic E-state index is 0.619. The molecule has 1 aromatic rings. The van der Waals surface area contributed by atoms with Crippen molar-refractivity contribution >= 4 is 0 Å². The van der Waals surface area contributed by atoms with E-state index in [1.165, 1.54) is 56.3 Å². The first-order chi connectivity index (χ1) is 10.2. The number of rotatable bonds is 6. The van der Waals surface area contributed by atoms with Gasteiger partial charge in [-0.05, 0) is 37.8 Å². The van der Waals surface area contributed by atoms with E-state index in [0.717, 1.165) is 25.3 Å². The van der Waals surface area contributed by atoms with Gasteiger partial charge in [0.15, 0.2) is 0 Å². The largest absolute Gasteiger partial charge is 0.314 e. The molecular weight excluding hydrogens is 258 g/mol. The Balaban J connectivity index is 2.04. The molecule has 21 heavy (non-hydrogen) atoms. The van der Waals surface area contributed by atoms with Gasteiger partial charge in [0.05, 0.1) is 5.69 Å². The highest BCUT2D eigenvalue weighted by Gasteiger charge is 2.23. The van der Waals surface area contributed by atoms with Crippen LogP contribution in [0, 0.1) is 5.92 Å². The summed E-state index contributed by atoms with van der Waals surface area (Å²) in [6.07, 6.45) is 12.1. The Morgan fingerprint density at radius 2 is 1.86 bits per heavy atom. The predicted octanol–water partition coefficient (Wildman–Crippen LogP) is 3.86. The Hall–Kier alpha value is -0.830. The van der Waals surface area contributed by atoms with Crippen molar-refractivity contribution in [1.29, 1.82) is 0 Å². The van der Waals surface area contributed by atoms with Gasteiger partial charge in [-0.2, -0.15) is 5.10 Å². The lowest BCUT2D eigenvalue weighted by atomic mass is 9.84. The molecule has 0 saturated heterocycles. The van der Waals surface area contributed by atoms with Gasteiger partial charge in [0.25, 0.3) is 0 Å². The van der Waals surface area contributed by atoms with E-state index in [2.05, 4.69) is 42.1 Å². The number of aromatic nitrogens is 2. The molecule has 1 N–H and O–H groups in total. The molecule has 0 amide bonds. The maximum Gasteiger partial charge on any atom is 0.0624 e. The van der Waals surface area contributed by atoms with Crippen molar-refractivity contribution in [1.82, 2.24) is 15.1 Å². The third-order valence-electron chi connectivity index (χ3n) is 5.00. The molecule has 0 spiro atoms. The SMILES string of the molecule is CCNC(Cc1cc(CC)nn1C)C1CCCCCCC1. The van der Waals surface area contributed by atoms with Crippen LogP contribution in [-0.2, 0) is 19.9 Å². The van der Waals surface area contributed by atoms with E-state index in [-0.39, 0.29) is 0 Å². The fourth-order valence-electron chi connectivity index (χ4n) is 3.72. The van der Waals surface area contributed by atoms with Gasteiger partial charge in [0.1, 0.15) is 0 Å². The van der Waals surface area contributed by atoms with Crippen LogP contribution in [0.1, 0.15) is 70.2 Å². The zero-order chi connectivity index (χ0) is 15.1. The smallest absolute Gasteiger partial charge is 0.0624 e. The minimum atomic E-state index is 0.619. The summed E-state index contributed by atoms with van der Waals surface area (Å²) >= 11 is 0. The summed E-state index contributed by atoms with van der Waals surface area (Å²) in [5, 5.41) is 8.37. The van der Waals surface area contributed by atoms with Crippen molar-refractivity contribution in [3.63, 3.8) is 0 Å². The van der Waals surface area contributed by atoms with E-state index in [1.54, 1.807) is 0 Å². The number of aryl methyl sites for hydroxylation is 2. The summed E-state index contributed by atoms with van der Waals surface area (Å²) in [7, 11) is 2.09. The van der Waals surface area contributed by atoms with Crippen molar-refractivity contribution < 1.29 is 0 Å². The van der Waals surface area contributed by atoms with Gasteiger partial charge in [-0.15, -0.1) is 0 Å². The maximum atomic E-state index is 4.61. The van der Waals surface area contributed by atoms with Crippen molar-refractivity contribution in [3.8, 4) is 0 Å². The molecule has 1 fully saturated rings. The lowest BCUT2D eigenvalue weighted by Gasteiger charge is -2.29. The normalized spacial score (nSPS) is 19.2. The molecule has 1 aromatic heterocycles. The molecule has 120 valence electrons. The van der Waals surface area contributed by atoms with Gasteiger partial charge in [-0.3, -0.25) is 4.68 Å². The average Bonchev–Trinajstić information content (AvgIpc) is 2.79. The van der Waals surface area contributed by atoms with Gasteiger partial charge in [-0.25, -0.2) is 0 Å². The van der Waals surface area contributed by atoms with Crippen molar-refractivity contribution in [2.45, 2.75) is 77.7 Å². The first-order valence-electron chi connectivity index (χ1n) is 8.99. The zero-order valence-electron chi connectivity index (χ0n) is 14.2. The fraction of sp³-hybridized carbons (Fsp3) is 0.833. The Morgan fingerprint density at radius 1 is 1.19 bits per heavy atom. The van der Waals surface area contributed by atoms with Crippen LogP contribution in [0.3, 0.4) is 0 Å². The van der Waals surface area contributed by atoms with E-state index in [1.807, 2.05) is 0 Å². The van der Waals surface area contributed by atoms with Crippen LogP contribution in [0.25, 0.3) is 0 Å². The minimum Gasteiger partial charge on any atom is -0.314 e. The van der Waals surface area contributed by atoms with Gasteiger partial charge in [0.2, 0.25) is 0 Å². The Morgan fingerprint density at radius 3 is 2.43 bits per heavy atom. The molecule has 1 saturated carbocycles. The molecule has 3 heteroatoms. The quantitative estimate of drug-likeness (QED) is 0.862. The van der Waals surface area contributed by atoms with Crippen LogP contribution in [0.2, 0.25) is 0 Å². The van der Waals surface area contributed by atoms with Gasteiger partial charge in [0, 0.05) is 25.2 Å². The fourth-order valence-corrected chi connectivity index (χ4v) is 3.72. The van der Waals surface area contributed by atoms with E-state index in [9.17, 15) is 0 Å². The molecule has 1 aliphatic carbocycles. The summed E-state index contributed by atoms with van der Waals surface area (Å²) in [5.41, 5.74) is 2.61. The van der Waals surface area contributed by atoms with Crippen LogP contribution >= 0.6 is 0 Å².